The topological polar surface area (TPSA) is 56.7 Å². The summed E-state index contributed by atoms with van der Waals surface area (Å²) < 4.78 is 2.29. The normalized spacial score (nSPS) is 12.9. The lowest BCUT2D eigenvalue weighted by Gasteiger charge is -2.11. The van der Waals surface area contributed by atoms with Gasteiger partial charge in [0.1, 0.15) is 5.82 Å². The zero-order valence-corrected chi connectivity index (χ0v) is 13.2. The molecular weight excluding hydrogens is 280 g/mol. The van der Waals surface area contributed by atoms with Gasteiger partial charge in [0.05, 0.1) is 27.8 Å². The number of nitrogens with zero attached hydrogens (tertiary/aromatic N) is 3. The Hall–Kier alpha value is -1.72. The van der Waals surface area contributed by atoms with Crippen LogP contribution < -0.4 is 5.73 Å². The number of thiazole rings is 1. The Labute approximate surface area is 128 Å². The van der Waals surface area contributed by atoms with Crippen LogP contribution in [0, 0.1) is 6.92 Å². The van der Waals surface area contributed by atoms with Gasteiger partial charge in [-0.2, -0.15) is 0 Å². The van der Waals surface area contributed by atoms with Gasteiger partial charge in [0.25, 0.3) is 0 Å². The average molecular weight is 300 g/mol. The Kier molecular flexibility index (Phi) is 4.03. The quantitative estimate of drug-likeness (QED) is 0.785. The van der Waals surface area contributed by atoms with Crippen LogP contribution in [0.4, 0.5) is 0 Å². The molecule has 3 rings (SSSR count). The second-order valence-corrected chi connectivity index (χ2v) is 6.33. The molecule has 2 heterocycles. The number of hydrogen-bond acceptors (Lipinski definition) is 4. The van der Waals surface area contributed by atoms with Crippen LogP contribution in [0.1, 0.15) is 35.9 Å². The lowest BCUT2D eigenvalue weighted by Crippen LogP contribution is -2.17. The molecule has 5 heteroatoms. The summed E-state index contributed by atoms with van der Waals surface area (Å²) in [6, 6.07) is 8.18. The highest BCUT2D eigenvalue weighted by Gasteiger charge is 2.16. The minimum Gasteiger partial charge on any atom is -0.328 e. The molecule has 0 saturated carbocycles. The summed E-state index contributed by atoms with van der Waals surface area (Å²) in [5, 5.41) is 3.11. The van der Waals surface area contributed by atoms with Crippen molar-refractivity contribution < 1.29 is 0 Å². The average Bonchev–Trinajstić information content (AvgIpc) is 3.04. The van der Waals surface area contributed by atoms with Crippen molar-refractivity contribution in [3.05, 3.63) is 46.2 Å². The van der Waals surface area contributed by atoms with E-state index in [-0.39, 0.29) is 6.04 Å². The maximum absolute atomic E-state index is 6.32. The first kappa shape index (κ1) is 14.2. The van der Waals surface area contributed by atoms with Crippen LogP contribution in [0.15, 0.2) is 29.6 Å². The standard InChI is InChI=1S/C16H20N4S/c1-3-8-20-15-7-5-4-6-13(15)19-16(20)9-12(17)14-10-21-11(2)18-14/h4-7,10,12H,3,8-9,17H2,1-2H3. The van der Waals surface area contributed by atoms with E-state index in [2.05, 4.69) is 34.7 Å². The van der Waals surface area contributed by atoms with Crippen molar-refractivity contribution in [2.45, 2.75) is 39.3 Å². The van der Waals surface area contributed by atoms with Gasteiger partial charge >= 0.3 is 0 Å². The number of rotatable bonds is 5. The van der Waals surface area contributed by atoms with Gasteiger partial charge in [0.2, 0.25) is 0 Å². The van der Waals surface area contributed by atoms with E-state index in [0.29, 0.717) is 0 Å². The van der Waals surface area contributed by atoms with Crippen LogP contribution in [-0.2, 0) is 13.0 Å². The summed E-state index contributed by atoms with van der Waals surface area (Å²) >= 11 is 1.64. The Balaban J connectivity index is 1.94. The number of benzene rings is 1. The molecule has 2 aromatic heterocycles. The molecule has 0 aliphatic heterocycles. The molecule has 0 spiro atoms. The predicted octanol–water partition coefficient (Wildman–Crippen LogP) is 3.45. The Bertz CT molecular complexity index is 744. The van der Waals surface area contributed by atoms with Gasteiger partial charge in [-0.1, -0.05) is 19.1 Å². The molecule has 1 aromatic carbocycles. The molecule has 0 aliphatic carbocycles. The third kappa shape index (κ3) is 2.84. The largest absolute Gasteiger partial charge is 0.328 e. The van der Waals surface area contributed by atoms with Crippen LogP contribution in [0.5, 0.6) is 0 Å². The number of fused-ring (bicyclic) bond motifs is 1. The second-order valence-electron chi connectivity index (χ2n) is 5.27. The molecule has 3 aromatic rings. The van der Waals surface area contributed by atoms with E-state index in [9.17, 15) is 0 Å². The van der Waals surface area contributed by atoms with Crippen molar-refractivity contribution in [2.24, 2.45) is 5.73 Å². The minimum atomic E-state index is -0.0950. The molecule has 0 aliphatic rings. The molecule has 1 unspecified atom stereocenters. The lowest BCUT2D eigenvalue weighted by atomic mass is 10.1. The number of para-hydroxylation sites is 2. The van der Waals surface area contributed by atoms with Crippen LogP contribution in [0.3, 0.4) is 0 Å². The number of hydrogen-bond donors (Lipinski definition) is 1. The minimum absolute atomic E-state index is 0.0950. The summed E-state index contributed by atoms with van der Waals surface area (Å²) in [5.41, 5.74) is 9.52. The molecule has 21 heavy (non-hydrogen) atoms. The zero-order chi connectivity index (χ0) is 14.8. The van der Waals surface area contributed by atoms with E-state index < -0.39 is 0 Å². The Morgan fingerprint density at radius 1 is 1.29 bits per heavy atom. The second kappa shape index (κ2) is 5.95. The van der Waals surface area contributed by atoms with Crippen LogP contribution >= 0.6 is 11.3 Å². The smallest absolute Gasteiger partial charge is 0.111 e. The van der Waals surface area contributed by atoms with Crippen molar-refractivity contribution >= 4 is 22.4 Å². The summed E-state index contributed by atoms with van der Waals surface area (Å²) in [7, 11) is 0. The third-order valence-corrected chi connectivity index (χ3v) is 4.39. The van der Waals surface area contributed by atoms with Crippen molar-refractivity contribution in [1.82, 2.24) is 14.5 Å². The van der Waals surface area contributed by atoms with Gasteiger partial charge in [-0.15, -0.1) is 11.3 Å². The maximum Gasteiger partial charge on any atom is 0.111 e. The molecule has 2 N–H and O–H groups in total. The first-order chi connectivity index (χ1) is 10.2. The highest BCUT2D eigenvalue weighted by Crippen LogP contribution is 2.22. The highest BCUT2D eigenvalue weighted by molar-refractivity contribution is 7.09. The van der Waals surface area contributed by atoms with Crippen LogP contribution in [0.2, 0.25) is 0 Å². The third-order valence-electron chi connectivity index (χ3n) is 3.60. The number of imidazole rings is 1. The molecule has 0 bridgehead atoms. The van der Waals surface area contributed by atoms with Crippen molar-refractivity contribution in [3.8, 4) is 0 Å². The number of nitrogens with two attached hydrogens (primary N) is 1. The number of aromatic nitrogens is 3. The fourth-order valence-electron chi connectivity index (χ4n) is 2.61. The first-order valence-corrected chi connectivity index (χ1v) is 8.18. The monoisotopic (exact) mass is 300 g/mol. The molecule has 4 nitrogen and oxygen atoms in total. The van der Waals surface area contributed by atoms with Crippen molar-refractivity contribution in [2.75, 3.05) is 0 Å². The van der Waals surface area contributed by atoms with Gasteiger partial charge in [0.15, 0.2) is 0 Å². The zero-order valence-electron chi connectivity index (χ0n) is 12.4. The molecule has 0 radical (unpaired) electrons. The fourth-order valence-corrected chi connectivity index (χ4v) is 3.28. The molecule has 0 saturated heterocycles. The van der Waals surface area contributed by atoms with Gasteiger partial charge in [-0.3, -0.25) is 0 Å². The number of aryl methyl sites for hydroxylation is 2. The van der Waals surface area contributed by atoms with Crippen molar-refractivity contribution in [1.29, 1.82) is 0 Å². The van der Waals surface area contributed by atoms with Crippen molar-refractivity contribution in [3.63, 3.8) is 0 Å². The van der Waals surface area contributed by atoms with Gasteiger partial charge in [0, 0.05) is 18.3 Å². The maximum atomic E-state index is 6.32. The van der Waals surface area contributed by atoms with Gasteiger partial charge in [-0.05, 0) is 25.5 Å². The Morgan fingerprint density at radius 2 is 2.10 bits per heavy atom. The fraction of sp³-hybridized carbons (Fsp3) is 0.375. The van der Waals surface area contributed by atoms with Gasteiger partial charge in [-0.25, -0.2) is 9.97 Å². The summed E-state index contributed by atoms with van der Waals surface area (Å²) in [5.74, 6) is 1.05. The summed E-state index contributed by atoms with van der Waals surface area (Å²) in [6.07, 6.45) is 1.80. The molecule has 0 fully saturated rings. The van der Waals surface area contributed by atoms with E-state index in [0.717, 1.165) is 41.4 Å². The Morgan fingerprint density at radius 3 is 2.81 bits per heavy atom. The van der Waals surface area contributed by atoms with Gasteiger partial charge < -0.3 is 10.3 Å². The molecule has 0 amide bonds. The van der Waals surface area contributed by atoms with Crippen LogP contribution in [-0.4, -0.2) is 14.5 Å². The predicted molar refractivity (Wildman–Crippen MR) is 87.5 cm³/mol. The van der Waals surface area contributed by atoms with E-state index in [1.54, 1.807) is 11.3 Å². The molecular formula is C16H20N4S. The molecule has 1 atom stereocenters. The SMILES string of the molecule is CCCn1c(CC(N)c2csc(C)n2)nc2ccccc21. The van der Waals surface area contributed by atoms with E-state index in [1.165, 1.54) is 5.52 Å². The van der Waals surface area contributed by atoms with E-state index in [4.69, 9.17) is 10.7 Å². The lowest BCUT2D eigenvalue weighted by molar-refractivity contribution is 0.603. The first-order valence-electron chi connectivity index (χ1n) is 7.30. The van der Waals surface area contributed by atoms with Crippen LogP contribution in [0.25, 0.3) is 11.0 Å². The summed E-state index contributed by atoms with van der Waals surface area (Å²) in [4.78, 5) is 9.25. The highest BCUT2D eigenvalue weighted by atomic mass is 32.1. The molecule has 110 valence electrons. The summed E-state index contributed by atoms with van der Waals surface area (Å²) in [6.45, 7) is 5.16. The van der Waals surface area contributed by atoms with E-state index in [1.807, 2.05) is 18.4 Å². The van der Waals surface area contributed by atoms with E-state index >= 15 is 0 Å².